The largest absolute Gasteiger partial charge is 0.473 e. The van der Waals surface area contributed by atoms with Gasteiger partial charge in [0.05, 0.1) is 19.2 Å². The van der Waals surface area contributed by atoms with Crippen molar-refractivity contribution in [3.8, 4) is 5.88 Å². The van der Waals surface area contributed by atoms with Crippen LogP contribution in [0.3, 0.4) is 0 Å². The van der Waals surface area contributed by atoms with Crippen molar-refractivity contribution in [3.05, 3.63) is 89.8 Å². The first-order valence-corrected chi connectivity index (χ1v) is 14.3. The van der Waals surface area contributed by atoms with E-state index < -0.39 is 0 Å². The summed E-state index contributed by atoms with van der Waals surface area (Å²) in [5.74, 6) is 2.20. The first-order chi connectivity index (χ1) is 19.7. The number of aromatic nitrogens is 5. The summed E-state index contributed by atoms with van der Waals surface area (Å²) in [5.41, 5.74) is 5.21. The molecule has 0 aliphatic carbocycles. The van der Waals surface area contributed by atoms with E-state index in [1.807, 2.05) is 37.5 Å². The first-order valence-electron chi connectivity index (χ1n) is 14.3. The maximum Gasteiger partial charge on any atom is 0.213 e. The molecule has 0 N–H and O–H groups in total. The van der Waals surface area contributed by atoms with Crippen molar-refractivity contribution in [1.29, 1.82) is 0 Å². The number of fused-ring (bicyclic) bond motifs is 2. The van der Waals surface area contributed by atoms with Gasteiger partial charge in [-0.3, -0.25) is 9.88 Å². The van der Waals surface area contributed by atoms with Gasteiger partial charge in [0.25, 0.3) is 0 Å². The van der Waals surface area contributed by atoms with Gasteiger partial charge < -0.3 is 14.0 Å². The van der Waals surface area contributed by atoms with Crippen molar-refractivity contribution in [3.63, 3.8) is 0 Å². The summed E-state index contributed by atoms with van der Waals surface area (Å²) in [7, 11) is 0. The number of pyridine rings is 3. The van der Waals surface area contributed by atoms with E-state index in [1.165, 1.54) is 5.39 Å². The zero-order chi connectivity index (χ0) is 26.9. The fourth-order valence-electron chi connectivity index (χ4n) is 5.79. The molecule has 40 heavy (non-hydrogen) atoms. The predicted octanol–water partition coefficient (Wildman–Crippen LogP) is 5.43. The lowest BCUT2D eigenvalue weighted by Gasteiger charge is -2.32. The summed E-state index contributed by atoms with van der Waals surface area (Å²) in [6.07, 6.45) is 7.21. The molecule has 2 aliphatic rings. The molecule has 2 saturated heterocycles. The molecule has 1 atom stereocenters. The van der Waals surface area contributed by atoms with Crippen molar-refractivity contribution in [2.75, 3.05) is 19.7 Å². The van der Waals surface area contributed by atoms with E-state index in [0.717, 1.165) is 91.4 Å². The Labute approximate surface area is 234 Å². The van der Waals surface area contributed by atoms with Crippen LogP contribution in [0, 0.1) is 6.92 Å². The molecule has 0 spiro atoms. The molecule has 0 bridgehead atoms. The van der Waals surface area contributed by atoms with Crippen LogP contribution in [0.4, 0.5) is 0 Å². The molecule has 1 aromatic carbocycles. The number of ether oxygens (including phenoxy) is 2. The highest BCUT2D eigenvalue weighted by molar-refractivity contribution is 5.82. The molecule has 6 heterocycles. The number of likely N-dealkylation sites (tertiary alicyclic amines) is 1. The van der Waals surface area contributed by atoms with Crippen LogP contribution < -0.4 is 4.74 Å². The maximum atomic E-state index is 6.10. The lowest BCUT2D eigenvalue weighted by molar-refractivity contribution is -0.0593. The lowest BCUT2D eigenvalue weighted by atomic mass is 9.93. The number of nitrogens with zero attached hydrogens (tertiary/aromatic N) is 6. The van der Waals surface area contributed by atoms with Gasteiger partial charge in [0.15, 0.2) is 5.65 Å². The van der Waals surface area contributed by atoms with E-state index in [4.69, 9.17) is 24.4 Å². The third-order valence-corrected chi connectivity index (χ3v) is 8.20. The van der Waals surface area contributed by atoms with Gasteiger partial charge in [0.1, 0.15) is 17.9 Å². The van der Waals surface area contributed by atoms with Crippen molar-refractivity contribution in [2.45, 2.75) is 57.9 Å². The third-order valence-electron chi connectivity index (χ3n) is 8.20. The zero-order valence-electron chi connectivity index (χ0n) is 22.9. The average molecular weight is 535 g/mol. The number of hydrogen-bond acceptors (Lipinski definition) is 7. The van der Waals surface area contributed by atoms with Gasteiger partial charge in [-0.25, -0.2) is 15.0 Å². The van der Waals surface area contributed by atoms with Crippen LogP contribution in [-0.2, 0) is 24.4 Å². The van der Waals surface area contributed by atoms with E-state index in [2.05, 4.69) is 50.8 Å². The van der Waals surface area contributed by atoms with Gasteiger partial charge in [-0.05, 0) is 80.6 Å². The quantitative estimate of drug-likeness (QED) is 0.263. The minimum atomic E-state index is 0.267. The van der Waals surface area contributed by atoms with Crippen LogP contribution in [0.1, 0.15) is 48.0 Å². The highest BCUT2D eigenvalue weighted by Gasteiger charge is 2.26. The highest BCUT2D eigenvalue weighted by atomic mass is 16.5. The summed E-state index contributed by atoms with van der Waals surface area (Å²) in [4.78, 5) is 21.4. The molecule has 0 radical (unpaired) electrons. The monoisotopic (exact) mass is 534 g/mol. The fourth-order valence-corrected chi connectivity index (χ4v) is 5.79. The molecule has 8 heteroatoms. The molecule has 2 aliphatic heterocycles. The summed E-state index contributed by atoms with van der Waals surface area (Å²) in [6.45, 7) is 7.07. The Morgan fingerprint density at radius 2 is 1.85 bits per heavy atom. The van der Waals surface area contributed by atoms with Crippen LogP contribution in [0.25, 0.3) is 21.9 Å². The van der Waals surface area contributed by atoms with Gasteiger partial charge >= 0.3 is 0 Å². The van der Waals surface area contributed by atoms with Crippen molar-refractivity contribution in [1.82, 2.24) is 29.4 Å². The van der Waals surface area contributed by atoms with E-state index in [9.17, 15) is 0 Å². The molecule has 7 rings (SSSR count). The van der Waals surface area contributed by atoms with E-state index in [1.54, 1.807) is 0 Å². The second-order valence-corrected chi connectivity index (χ2v) is 11.0. The summed E-state index contributed by atoms with van der Waals surface area (Å²) >= 11 is 0. The molecule has 2 fully saturated rings. The number of aryl methyl sites for hydroxylation is 1. The Bertz CT molecular complexity index is 1640. The van der Waals surface area contributed by atoms with Crippen molar-refractivity contribution >= 4 is 21.9 Å². The van der Waals surface area contributed by atoms with Gasteiger partial charge in [0, 0.05) is 47.8 Å². The average Bonchev–Trinajstić information content (AvgIpc) is 3.30. The van der Waals surface area contributed by atoms with Gasteiger partial charge in [0.2, 0.25) is 5.88 Å². The van der Waals surface area contributed by atoms with Gasteiger partial charge in [-0.2, -0.15) is 0 Å². The first kappa shape index (κ1) is 25.1. The predicted molar refractivity (Wildman–Crippen MR) is 154 cm³/mol. The van der Waals surface area contributed by atoms with E-state index in [0.29, 0.717) is 18.4 Å². The van der Waals surface area contributed by atoms with Gasteiger partial charge in [-0.1, -0.05) is 18.2 Å². The topological polar surface area (TPSA) is 78.2 Å². The molecule has 0 saturated carbocycles. The van der Waals surface area contributed by atoms with Crippen LogP contribution >= 0.6 is 0 Å². The summed E-state index contributed by atoms with van der Waals surface area (Å²) in [6, 6.07) is 18.7. The van der Waals surface area contributed by atoms with E-state index >= 15 is 0 Å². The standard InChI is InChI=1S/C32H34N6O2/c1-22-5-8-29-32(34-22)38(19-27-12-16-39-27)30(35-29)20-37-14-10-24(11-15-37)28-3-2-4-31(36-28)40-21-23-6-7-26-18-33-13-9-25(26)17-23/h2-9,13,17-18,24,27H,10-12,14-16,19-21H2,1H3. The zero-order valence-corrected chi connectivity index (χ0v) is 22.9. The number of rotatable bonds is 8. The molecule has 8 nitrogen and oxygen atoms in total. The molecule has 0 amide bonds. The molecular formula is C32H34N6O2. The molecule has 204 valence electrons. The smallest absolute Gasteiger partial charge is 0.213 e. The SMILES string of the molecule is Cc1ccc2nc(CN3CCC(c4cccc(OCc5ccc6cnccc6c5)n4)CC3)n(CC3CCO3)c2n1. The van der Waals surface area contributed by atoms with E-state index in [-0.39, 0.29) is 6.10 Å². The Kier molecular flexibility index (Phi) is 6.87. The second-order valence-electron chi connectivity index (χ2n) is 11.0. The number of imidazole rings is 1. The second kappa shape index (κ2) is 10.9. The van der Waals surface area contributed by atoms with Crippen molar-refractivity contribution < 1.29 is 9.47 Å². The number of piperidine rings is 1. The summed E-state index contributed by atoms with van der Waals surface area (Å²) in [5, 5.41) is 2.30. The minimum absolute atomic E-state index is 0.267. The Morgan fingerprint density at radius 1 is 0.950 bits per heavy atom. The Balaban J connectivity index is 0.989. The highest BCUT2D eigenvalue weighted by Crippen LogP contribution is 2.29. The Morgan fingerprint density at radius 3 is 2.70 bits per heavy atom. The molecule has 5 aromatic rings. The maximum absolute atomic E-state index is 6.10. The number of benzene rings is 1. The third kappa shape index (κ3) is 5.29. The molecule has 4 aromatic heterocycles. The molecular weight excluding hydrogens is 500 g/mol. The Hall–Kier alpha value is -3.88. The van der Waals surface area contributed by atoms with Crippen LogP contribution in [-0.4, -0.2) is 55.2 Å². The normalized spacial score (nSPS) is 18.3. The van der Waals surface area contributed by atoms with Crippen LogP contribution in [0.2, 0.25) is 0 Å². The van der Waals surface area contributed by atoms with Gasteiger partial charge in [-0.15, -0.1) is 0 Å². The van der Waals surface area contributed by atoms with Crippen LogP contribution in [0.5, 0.6) is 5.88 Å². The van der Waals surface area contributed by atoms with Crippen molar-refractivity contribution in [2.24, 2.45) is 0 Å². The molecule has 1 unspecified atom stereocenters. The fraction of sp³-hybridized carbons (Fsp3) is 0.375. The van der Waals surface area contributed by atoms with Crippen LogP contribution in [0.15, 0.2) is 67.0 Å². The minimum Gasteiger partial charge on any atom is -0.473 e. The number of hydrogen-bond donors (Lipinski definition) is 0. The summed E-state index contributed by atoms with van der Waals surface area (Å²) < 4.78 is 14.1. The lowest BCUT2D eigenvalue weighted by Crippen LogP contribution is -2.35.